The third-order valence-corrected chi connectivity index (χ3v) is 6.28. The molecule has 30 heavy (non-hydrogen) atoms. The van der Waals surface area contributed by atoms with E-state index in [1.807, 2.05) is 0 Å². The number of hydrogen-bond donors (Lipinski definition) is 1. The van der Waals surface area contributed by atoms with Crippen molar-refractivity contribution in [1.82, 2.24) is 4.90 Å². The predicted molar refractivity (Wildman–Crippen MR) is 95.2 cm³/mol. The van der Waals surface area contributed by atoms with Crippen LogP contribution in [0.1, 0.15) is 52.4 Å². The smallest absolute Gasteiger partial charge is 0.376 e. The summed E-state index contributed by atoms with van der Waals surface area (Å²) in [6.45, 7) is 3.57. The van der Waals surface area contributed by atoms with E-state index >= 15 is 0 Å². The van der Waals surface area contributed by atoms with Crippen LogP contribution in [0.25, 0.3) is 0 Å². The van der Waals surface area contributed by atoms with Crippen LogP contribution in [0.2, 0.25) is 0 Å². The van der Waals surface area contributed by atoms with Crippen molar-refractivity contribution in [2.45, 2.75) is 88.6 Å². The Hall–Kier alpha value is -1.10. The summed E-state index contributed by atoms with van der Waals surface area (Å²) in [5.74, 6) is -13.9. The van der Waals surface area contributed by atoms with Crippen LogP contribution in [-0.4, -0.2) is 60.2 Å². The van der Waals surface area contributed by atoms with Gasteiger partial charge in [-0.05, 0) is 50.4 Å². The number of carbonyl (C=O) groups is 1. The fourth-order valence-electron chi connectivity index (χ4n) is 4.20. The molecule has 1 saturated heterocycles. The Kier molecular flexibility index (Phi) is 7.70. The number of alkyl halides is 7. The highest BCUT2D eigenvalue weighted by atomic mass is 19.4. The van der Waals surface area contributed by atoms with Gasteiger partial charge in [0.15, 0.2) is 0 Å². The lowest BCUT2D eigenvalue weighted by Crippen LogP contribution is -2.65. The SMILES string of the molecule is CC(C)C1CCC(OC[C@H]2C(N)CCCN2C(=O)C(F)(F)C(F)(F)C(F)(F)F)CC1. The highest BCUT2D eigenvalue weighted by Gasteiger charge is 2.77. The maximum atomic E-state index is 13.9. The van der Waals surface area contributed by atoms with Gasteiger partial charge in [0.05, 0.1) is 18.8 Å². The summed E-state index contributed by atoms with van der Waals surface area (Å²) in [5, 5.41) is 0. The first-order chi connectivity index (χ1) is 13.7. The second-order valence-corrected chi connectivity index (χ2v) is 8.63. The van der Waals surface area contributed by atoms with E-state index in [2.05, 4.69) is 13.8 Å². The monoisotopic (exact) mass is 450 g/mol. The van der Waals surface area contributed by atoms with Crippen LogP contribution >= 0.6 is 0 Å². The first-order valence-corrected chi connectivity index (χ1v) is 10.2. The number of ether oxygens (including phenoxy) is 1. The number of likely N-dealkylation sites (tertiary alicyclic amines) is 1. The van der Waals surface area contributed by atoms with Gasteiger partial charge in [0, 0.05) is 12.6 Å². The van der Waals surface area contributed by atoms with E-state index < -0.39 is 36.0 Å². The third-order valence-electron chi connectivity index (χ3n) is 6.28. The number of nitrogens with zero attached hydrogens (tertiary/aromatic N) is 1. The van der Waals surface area contributed by atoms with E-state index in [4.69, 9.17) is 10.5 Å². The molecule has 2 atom stereocenters. The van der Waals surface area contributed by atoms with Crippen molar-refractivity contribution in [3.8, 4) is 0 Å². The zero-order chi connectivity index (χ0) is 22.9. The molecule has 176 valence electrons. The van der Waals surface area contributed by atoms with Crippen molar-refractivity contribution in [3.05, 3.63) is 0 Å². The van der Waals surface area contributed by atoms with Gasteiger partial charge in [-0.2, -0.15) is 30.7 Å². The zero-order valence-corrected chi connectivity index (χ0v) is 17.0. The molecule has 0 spiro atoms. The molecule has 0 radical (unpaired) electrons. The maximum absolute atomic E-state index is 13.9. The number of carbonyl (C=O) groups excluding carboxylic acids is 1. The Labute approximate surface area is 171 Å². The summed E-state index contributed by atoms with van der Waals surface area (Å²) in [4.78, 5) is 12.5. The Morgan fingerprint density at radius 2 is 1.60 bits per heavy atom. The minimum absolute atomic E-state index is 0.122. The molecule has 2 N–H and O–H groups in total. The normalized spacial score (nSPS) is 29.4. The fourth-order valence-corrected chi connectivity index (χ4v) is 4.20. The second-order valence-electron chi connectivity index (χ2n) is 8.63. The van der Waals surface area contributed by atoms with Crippen LogP contribution in [-0.2, 0) is 9.53 Å². The Bertz CT molecular complexity index is 590. The molecule has 1 aliphatic heterocycles. The quantitative estimate of drug-likeness (QED) is 0.612. The summed E-state index contributed by atoms with van der Waals surface area (Å²) < 4.78 is 97.7. The summed E-state index contributed by atoms with van der Waals surface area (Å²) in [7, 11) is 0. The maximum Gasteiger partial charge on any atom is 0.460 e. The van der Waals surface area contributed by atoms with Gasteiger partial charge >= 0.3 is 18.0 Å². The molecule has 2 fully saturated rings. The van der Waals surface area contributed by atoms with E-state index in [9.17, 15) is 35.5 Å². The lowest BCUT2D eigenvalue weighted by molar-refractivity contribution is -0.346. The predicted octanol–water partition coefficient (Wildman–Crippen LogP) is 4.37. The van der Waals surface area contributed by atoms with Crippen LogP contribution in [0.3, 0.4) is 0 Å². The summed E-state index contributed by atoms with van der Waals surface area (Å²) in [5.41, 5.74) is 5.89. The average Bonchev–Trinajstić information content (AvgIpc) is 2.65. The molecule has 0 aromatic carbocycles. The molecule has 1 heterocycles. The van der Waals surface area contributed by atoms with Gasteiger partial charge in [0.25, 0.3) is 5.91 Å². The van der Waals surface area contributed by atoms with E-state index in [0.717, 1.165) is 25.7 Å². The fraction of sp³-hybridized carbons (Fsp3) is 0.947. The van der Waals surface area contributed by atoms with Gasteiger partial charge in [0.2, 0.25) is 0 Å². The molecule has 1 unspecified atom stereocenters. The number of piperidine rings is 1. The largest absolute Gasteiger partial charge is 0.460 e. The van der Waals surface area contributed by atoms with Crippen molar-refractivity contribution >= 4 is 5.91 Å². The molecule has 0 aromatic heterocycles. The molecule has 1 aliphatic carbocycles. The molecular weight excluding hydrogens is 421 g/mol. The van der Waals surface area contributed by atoms with Crippen LogP contribution in [0.4, 0.5) is 30.7 Å². The van der Waals surface area contributed by atoms with Crippen molar-refractivity contribution in [2.75, 3.05) is 13.2 Å². The van der Waals surface area contributed by atoms with Gasteiger partial charge in [-0.1, -0.05) is 13.8 Å². The van der Waals surface area contributed by atoms with E-state index in [1.165, 1.54) is 0 Å². The molecule has 0 aromatic rings. The summed E-state index contributed by atoms with van der Waals surface area (Å²) >= 11 is 0. The van der Waals surface area contributed by atoms with Crippen molar-refractivity contribution < 1.29 is 40.3 Å². The first kappa shape index (κ1) is 25.2. The third kappa shape index (κ3) is 5.03. The standard InChI is InChI=1S/C19H29F7N2O2/c1-11(2)12-5-7-13(8-6-12)30-10-15-14(27)4-3-9-28(15)16(29)17(20,21)18(22,23)19(24,25)26/h11-15H,3-10,27H2,1-2H3/t12?,13?,14?,15-/m0/s1. The van der Waals surface area contributed by atoms with Crippen LogP contribution in [0.15, 0.2) is 0 Å². The highest BCUT2D eigenvalue weighted by molar-refractivity contribution is 5.85. The Balaban J connectivity index is 2.08. The van der Waals surface area contributed by atoms with Crippen molar-refractivity contribution in [3.63, 3.8) is 0 Å². The highest BCUT2D eigenvalue weighted by Crippen LogP contribution is 2.47. The lowest BCUT2D eigenvalue weighted by Gasteiger charge is -2.42. The molecule has 2 rings (SSSR count). The van der Waals surface area contributed by atoms with Gasteiger partial charge in [-0.15, -0.1) is 0 Å². The van der Waals surface area contributed by atoms with E-state index in [0.29, 0.717) is 23.2 Å². The van der Waals surface area contributed by atoms with Crippen molar-refractivity contribution in [1.29, 1.82) is 0 Å². The first-order valence-electron chi connectivity index (χ1n) is 10.2. The number of hydrogen-bond acceptors (Lipinski definition) is 3. The van der Waals surface area contributed by atoms with E-state index in [-0.39, 0.29) is 25.7 Å². The number of rotatable bonds is 6. The van der Waals surface area contributed by atoms with Gasteiger partial charge < -0.3 is 15.4 Å². The Morgan fingerprint density at radius 3 is 2.10 bits per heavy atom. The zero-order valence-electron chi connectivity index (χ0n) is 17.0. The van der Waals surface area contributed by atoms with Crippen molar-refractivity contribution in [2.24, 2.45) is 17.6 Å². The van der Waals surface area contributed by atoms with Gasteiger partial charge in [-0.25, -0.2) is 0 Å². The number of nitrogens with two attached hydrogens (primary N) is 1. The number of amides is 1. The van der Waals surface area contributed by atoms with Crippen LogP contribution < -0.4 is 5.73 Å². The molecular formula is C19H29F7N2O2. The molecule has 0 bridgehead atoms. The molecule has 1 saturated carbocycles. The lowest BCUT2D eigenvalue weighted by atomic mass is 9.80. The van der Waals surface area contributed by atoms with E-state index in [1.54, 1.807) is 0 Å². The minimum Gasteiger partial charge on any atom is -0.376 e. The van der Waals surface area contributed by atoms with Crippen LogP contribution in [0.5, 0.6) is 0 Å². The minimum atomic E-state index is -6.56. The second kappa shape index (κ2) is 9.18. The summed E-state index contributed by atoms with van der Waals surface area (Å²) in [6, 6.07) is -2.05. The van der Waals surface area contributed by atoms with Crippen LogP contribution in [0, 0.1) is 11.8 Å². The van der Waals surface area contributed by atoms with Gasteiger partial charge in [-0.3, -0.25) is 4.79 Å². The molecule has 1 amide bonds. The van der Waals surface area contributed by atoms with Gasteiger partial charge in [0.1, 0.15) is 0 Å². The topological polar surface area (TPSA) is 55.6 Å². The number of halogens is 7. The molecule has 2 aliphatic rings. The molecule has 11 heteroatoms. The Morgan fingerprint density at radius 1 is 1.03 bits per heavy atom. The average molecular weight is 450 g/mol. The summed E-state index contributed by atoms with van der Waals surface area (Å²) in [6.07, 6.45) is -3.04. The molecule has 4 nitrogen and oxygen atoms in total.